The number of carboxylic acids is 2. The SMILES string of the molecule is Cc1c(C(=O)O)cccc1C(=O)O.NS(=O)(=O)c1cccc2c1ccn2S(=O)(=O)c1ccccc1. The van der Waals surface area contributed by atoms with Gasteiger partial charge in [-0.05, 0) is 55.0 Å². The third-order valence-electron chi connectivity index (χ3n) is 5.06. The van der Waals surface area contributed by atoms with Gasteiger partial charge >= 0.3 is 11.9 Å². The first-order valence-electron chi connectivity index (χ1n) is 9.85. The van der Waals surface area contributed by atoms with Gasteiger partial charge in [-0.15, -0.1) is 0 Å². The highest BCUT2D eigenvalue weighted by Crippen LogP contribution is 2.26. The molecule has 3 aromatic carbocycles. The van der Waals surface area contributed by atoms with Gasteiger partial charge < -0.3 is 10.2 Å². The number of nitrogens with zero attached hydrogens (tertiary/aromatic N) is 1. The van der Waals surface area contributed by atoms with Crippen LogP contribution in [0.15, 0.2) is 88.8 Å². The Morgan fingerprint density at radius 2 is 1.31 bits per heavy atom. The van der Waals surface area contributed by atoms with Crippen LogP contribution in [0.2, 0.25) is 0 Å². The number of nitrogens with two attached hydrogens (primary N) is 1. The molecule has 1 aromatic heterocycles. The van der Waals surface area contributed by atoms with Crippen molar-refractivity contribution in [3.8, 4) is 0 Å². The van der Waals surface area contributed by atoms with E-state index in [1.165, 1.54) is 67.7 Å². The highest BCUT2D eigenvalue weighted by atomic mass is 32.2. The Balaban J connectivity index is 0.000000225. The quantitative estimate of drug-likeness (QED) is 0.363. The molecule has 0 unspecified atom stereocenters. The molecule has 0 saturated heterocycles. The summed E-state index contributed by atoms with van der Waals surface area (Å²) in [6.07, 6.45) is 1.32. The first kappa shape index (κ1) is 25.6. The fourth-order valence-corrected chi connectivity index (χ4v) is 5.49. The molecule has 4 aromatic rings. The number of primary sulfonamides is 1. The molecule has 0 amide bonds. The minimum absolute atomic E-state index is 0.0277. The Hall–Kier alpha value is -4.00. The van der Waals surface area contributed by atoms with E-state index in [4.69, 9.17) is 15.4 Å². The van der Waals surface area contributed by atoms with Crippen LogP contribution >= 0.6 is 0 Å². The number of benzene rings is 3. The molecule has 0 saturated carbocycles. The van der Waals surface area contributed by atoms with Crippen LogP contribution in [0.25, 0.3) is 10.9 Å². The van der Waals surface area contributed by atoms with Crippen molar-refractivity contribution in [3.63, 3.8) is 0 Å². The molecule has 10 nitrogen and oxygen atoms in total. The molecular formula is C23H20N2O8S2. The molecule has 0 fully saturated rings. The van der Waals surface area contributed by atoms with Crippen LogP contribution in [0.4, 0.5) is 0 Å². The van der Waals surface area contributed by atoms with E-state index < -0.39 is 32.0 Å². The molecular weight excluding hydrogens is 496 g/mol. The van der Waals surface area contributed by atoms with Gasteiger partial charge in [0, 0.05) is 11.6 Å². The number of carbonyl (C=O) groups is 2. The van der Waals surface area contributed by atoms with Gasteiger partial charge in [0.1, 0.15) is 0 Å². The normalized spacial score (nSPS) is 11.5. The van der Waals surface area contributed by atoms with Crippen molar-refractivity contribution >= 4 is 42.9 Å². The van der Waals surface area contributed by atoms with Crippen molar-refractivity contribution in [1.29, 1.82) is 0 Å². The third-order valence-corrected chi connectivity index (χ3v) is 7.73. The Morgan fingerprint density at radius 3 is 1.83 bits per heavy atom. The lowest BCUT2D eigenvalue weighted by atomic mass is 10.0. The summed E-state index contributed by atoms with van der Waals surface area (Å²) in [7, 11) is -7.74. The predicted octanol–water partition coefficient (Wildman–Crippen LogP) is 2.92. The molecule has 35 heavy (non-hydrogen) atoms. The summed E-state index contributed by atoms with van der Waals surface area (Å²) in [4.78, 5) is 21.2. The number of aromatic carboxylic acids is 2. The topological polar surface area (TPSA) is 174 Å². The average molecular weight is 517 g/mol. The van der Waals surface area contributed by atoms with E-state index in [1.807, 2.05) is 0 Å². The van der Waals surface area contributed by atoms with E-state index in [-0.39, 0.29) is 37.4 Å². The number of hydrogen-bond donors (Lipinski definition) is 3. The summed E-state index contributed by atoms with van der Waals surface area (Å²) in [5, 5.41) is 22.8. The maximum atomic E-state index is 12.7. The summed E-state index contributed by atoms with van der Waals surface area (Å²) in [6, 6.07) is 17.8. The average Bonchev–Trinajstić information content (AvgIpc) is 3.24. The molecule has 0 aliphatic carbocycles. The van der Waals surface area contributed by atoms with Crippen molar-refractivity contribution in [2.45, 2.75) is 16.7 Å². The van der Waals surface area contributed by atoms with Crippen molar-refractivity contribution in [2.75, 3.05) is 0 Å². The Morgan fingerprint density at radius 1 is 0.771 bits per heavy atom. The highest BCUT2D eigenvalue weighted by molar-refractivity contribution is 7.90. The second-order valence-corrected chi connectivity index (χ2v) is 10.6. The van der Waals surface area contributed by atoms with Gasteiger partial charge in [0.05, 0.1) is 26.4 Å². The number of rotatable bonds is 5. The third kappa shape index (κ3) is 5.24. The standard InChI is InChI=1S/C14H12N2O4S2.C9H8O4/c15-21(17,18)14-8-4-7-13-12(14)9-10-16(13)22(19,20)11-5-2-1-3-6-11;1-5-6(8(10)11)3-2-4-7(5)9(12)13/h1-10H,(H2,15,17,18);2-4H,1H3,(H,10,11)(H,12,13). The second kappa shape index (κ2) is 9.70. The van der Waals surface area contributed by atoms with Crippen LogP contribution in [-0.2, 0) is 20.0 Å². The first-order chi connectivity index (χ1) is 16.4. The first-order valence-corrected chi connectivity index (χ1v) is 12.8. The Bertz CT molecular complexity index is 1610. The molecule has 4 rings (SSSR count). The largest absolute Gasteiger partial charge is 0.478 e. The second-order valence-electron chi connectivity index (χ2n) is 7.25. The maximum absolute atomic E-state index is 12.7. The van der Waals surface area contributed by atoms with E-state index >= 15 is 0 Å². The Labute approximate surface area is 201 Å². The fraction of sp³-hybridized carbons (Fsp3) is 0.0435. The highest BCUT2D eigenvalue weighted by Gasteiger charge is 2.21. The molecule has 0 spiro atoms. The molecule has 182 valence electrons. The van der Waals surface area contributed by atoms with Gasteiger partial charge in [0.25, 0.3) is 10.0 Å². The van der Waals surface area contributed by atoms with E-state index in [0.29, 0.717) is 0 Å². The molecule has 4 N–H and O–H groups in total. The van der Waals surface area contributed by atoms with Crippen LogP contribution in [0, 0.1) is 6.92 Å². The van der Waals surface area contributed by atoms with Crippen LogP contribution in [0.3, 0.4) is 0 Å². The minimum atomic E-state index is -3.93. The molecule has 12 heteroatoms. The van der Waals surface area contributed by atoms with Crippen molar-refractivity contribution in [1.82, 2.24) is 3.97 Å². The number of hydrogen-bond acceptors (Lipinski definition) is 6. The van der Waals surface area contributed by atoms with Gasteiger partial charge in [0.15, 0.2) is 0 Å². The predicted molar refractivity (Wildman–Crippen MR) is 127 cm³/mol. The zero-order chi connectivity index (χ0) is 26.0. The van der Waals surface area contributed by atoms with Crippen LogP contribution in [0.5, 0.6) is 0 Å². The number of aromatic nitrogens is 1. The monoisotopic (exact) mass is 516 g/mol. The molecule has 0 atom stereocenters. The molecule has 0 aliphatic rings. The summed E-state index contributed by atoms with van der Waals surface area (Å²) in [5.74, 6) is -2.22. The minimum Gasteiger partial charge on any atom is -0.478 e. The van der Waals surface area contributed by atoms with Gasteiger partial charge in [-0.2, -0.15) is 0 Å². The van der Waals surface area contributed by atoms with Gasteiger partial charge in [0.2, 0.25) is 10.0 Å². The molecule has 0 aliphatic heterocycles. The van der Waals surface area contributed by atoms with E-state index in [0.717, 1.165) is 3.97 Å². The zero-order valence-electron chi connectivity index (χ0n) is 18.2. The van der Waals surface area contributed by atoms with Crippen LogP contribution in [0.1, 0.15) is 26.3 Å². The smallest absolute Gasteiger partial charge is 0.335 e. The lowest BCUT2D eigenvalue weighted by Crippen LogP contribution is -2.13. The number of carboxylic acid groups (broad SMARTS) is 2. The maximum Gasteiger partial charge on any atom is 0.335 e. The fourth-order valence-electron chi connectivity index (χ4n) is 3.38. The number of fused-ring (bicyclic) bond motifs is 1. The lowest BCUT2D eigenvalue weighted by Gasteiger charge is -2.08. The van der Waals surface area contributed by atoms with Crippen molar-refractivity contribution < 1.29 is 36.6 Å². The lowest BCUT2D eigenvalue weighted by molar-refractivity contribution is 0.0696. The molecule has 1 heterocycles. The summed E-state index contributed by atoms with van der Waals surface area (Å²) in [5.41, 5.74) is 0.595. The molecule has 0 bridgehead atoms. The van der Waals surface area contributed by atoms with Crippen LogP contribution < -0.4 is 5.14 Å². The summed E-state index contributed by atoms with van der Waals surface area (Å²) < 4.78 is 49.5. The Kier molecular flexibility index (Phi) is 7.10. The molecule has 0 radical (unpaired) electrons. The van der Waals surface area contributed by atoms with E-state index in [9.17, 15) is 26.4 Å². The van der Waals surface area contributed by atoms with Gasteiger partial charge in [-0.3, -0.25) is 0 Å². The van der Waals surface area contributed by atoms with E-state index in [1.54, 1.807) is 18.2 Å². The van der Waals surface area contributed by atoms with Crippen molar-refractivity contribution in [2.24, 2.45) is 5.14 Å². The van der Waals surface area contributed by atoms with Crippen molar-refractivity contribution in [3.05, 3.63) is 95.7 Å². The van der Waals surface area contributed by atoms with E-state index in [2.05, 4.69) is 0 Å². The zero-order valence-corrected chi connectivity index (χ0v) is 19.8. The van der Waals surface area contributed by atoms with Gasteiger partial charge in [-0.1, -0.05) is 30.3 Å². The number of sulfonamides is 1. The van der Waals surface area contributed by atoms with Crippen LogP contribution in [-0.4, -0.2) is 43.0 Å². The van der Waals surface area contributed by atoms with Gasteiger partial charge in [-0.25, -0.2) is 35.5 Å². The summed E-state index contributed by atoms with van der Waals surface area (Å²) in [6.45, 7) is 1.48. The summed E-state index contributed by atoms with van der Waals surface area (Å²) >= 11 is 0.